The van der Waals surface area contributed by atoms with Crippen LogP contribution in [0.1, 0.15) is 6.23 Å². The Hall–Kier alpha value is -1.01. The van der Waals surface area contributed by atoms with E-state index in [1.54, 1.807) is 0 Å². The molecule has 94 valence electrons. The molecule has 1 aliphatic heterocycles. The van der Waals surface area contributed by atoms with Gasteiger partial charge < -0.3 is 14.9 Å². The number of hydrogen-bond donors (Lipinski definition) is 3. The maximum absolute atomic E-state index is 11.5. The Labute approximate surface area is 98.3 Å². The van der Waals surface area contributed by atoms with Crippen molar-refractivity contribution in [1.29, 1.82) is 0 Å². The second kappa shape index (κ2) is 4.70. The van der Waals surface area contributed by atoms with Gasteiger partial charge in [-0.15, -0.1) is 9.24 Å². The second-order valence-electron chi connectivity index (χ2n) is 3.83. The highest BCUT2D eigenvalue weighted by atomic mass is 31.0. The summed E-state index contributed by atoms with van der Waals surface area (Å²) in [5, 5.41) is 18.7. The Morgan fingerprint density at radius 1 is 1.53 bits per heavy atom. The summed E-state index contributed by atoms with van der Waals surface area (Å²) >= 11 is 0. The molecule has 17 heavy (non-hydrogen) atoms. The predicted octanol–water partition coefficient (Wildman–Crippen LogP) is -1.97. The van der Waals surface area contributed by atoms with Crippen LogP contribution in [0.5, 0.6) is 0 Å². The fourth-order valence-electron chi connectivity index (χ4n) is 1.80. The molecule has 1 aromatic heterocycles. The molecule has 1 aliphatic rings. The molecule has 2 heterocycles. The second-order valence-corrected chi connectivity index (χ2v) is 4.60. The van der Waals surface area contributed by atoms with Crippen molar-refractivity contribution >= 4 is 9.24 Å². The van der Waals surface area contributed by atoms with Gasteiger partial charge >= 0.3 is 5.69 Å². The number of aliphatic hydroxyl groups excluding tert-OH is 2. The van der Waals surface area contributed by atoms with Crippen LogP contribution in [0, 0.1) is 0 Å². The lowest BCUT2D eigenvalue weighted by Crippen LogP contribution is -2.35. The van der Waals surface area contributed by atoms with Crippen LogP contribution in [0.3, 0.4) is 0 Å². The molecule has 1 saturated heterocycles. The number of aromatic nitrogens is 2. The van der Waals surface area contributed by atoms with Crippen molar-refractivity contribution in [3.8, 4) is 0 Å². The SMILES string of the molecule is O=c1ccn(C2OC(CO)C(O)C2P)c(=O)[nH]1. The van der Waals surface area contributed by atoms with Crippen LogP contribution >= 0.6 is 9.24 Å². The summed E-state index contributed by atoms with van der Waals surface area (Å²) in [6.07, 6.45) is -1.04. The number of nitrogens with zero attached hydrogens (tertiary/aromatic N) is 1. The Kier molecular flexibility index (Phi) is 3.44. The van der Waals surface area contributed by atoms with E-state index in [2.05, 4.69) is 14.2 Å². The van der Waals surface area contributed by atoms with Crippen molar-refractivity contribution in [2.75, 3.05) is 6.61 Å². The average Bonchev–Trinajstić information content (AvgIpc) is 2.57. The molecule has 2 rings (SSSR count). The molecule has 8 heteroatoms. The van der Waals surface area contributed by atoms with E-state index in [-0.39, 0.29) is 6.61 Å². The van der Waals surface area contributed by atoms with Gasteiger partial charge in [-0.1, -0.05) is 0 Å². The third-order valence-electron chi connectivity index (χ3n) is 2.72. The molecule has 1 fully saturated rings. The molecule has 7 nitrogen and oxygen atoms in total. The summed E-state index contributed by atoms with van der Waals surface area (Å²) < 4.78 is 6.54. The van der Waals surface area contributed by atoms with Crippen molar-refractivity contribution < 1.29 is 14.9 Å². The van der Waals surface area contributed by atoms with Crippen LogP contribution in [-0.2, 0) is 4.74 Å². The van der Waals surface area contributed by atoms with Crippen molar-refractivity contribution in [3.63, 3.8) is 0 Å². The first-order valence-electron chi connectivity index (χ1n) is 5.06. The van der Waals surface area contributed by atoms with E-state index in [0.29, 0.717) is 0 Å². The highest BCUT2D eigenvalue weighted by molar-refractivity contribution is 7.17. The number of hydrogen-bond acceptors (Lipinski definition) is 5. The normalized spacial score (nSPS) is 32.9. The topological polar surface area (TPSA) is 105 Å². The average molecular weight is 260 g/mol. The quantitative estimate of drug-likeness (QED) is 0.535. The molecule has 0 saturated carbocycles. The maximum Gasteiger partial charge on any atom is 0.330 e. The zero-order chi connectivity index (χ0) is 12.6. The largest absolute Gasteiger partial charge is 0.394 e. The van der Waals surface area contributed by atoms with Crippen LogP contribution in [-0.4, -0.2) is 44.2 Å². The van der Waals surface area contributed by atoms with Crippen LogP contribution in [0.25, 0.3) is 0 Å². The van der Waals surface area contributed by atoms with Crippen molar-refractivity contribution in [3.05, 3.63) is 33.1 Å². The van der Waals surface area contributed by atoms with Gasteiger partial charge in [0.1, 0.15) is 12.3 Å². The number of rotatable bonds is 2. The smallest absolute Gasteiger partial charge is 0.330 e. The van der Waals surface area contributed by atoms with E-state index in [9.17, 15) is 14.7 Å². The number of H-pyrrole nitrogens is 1. The molecule has 0 aliphatic carbocycles. The van der Waals surface area contributed by atoms with E-state index in [4.69, 9.17) is 9.84 Å². The van der Waals surface area contributed by atoms with Crippen molar-refractivity contribution in [1.82, 2.24) is 9.55 Å². The van der Waals surface area contributed by atoms with Crippen LogP contribution in [0.4, 0.5) is 0 Å². The van der Waals surface area contributed by atoms with Gasteiger partial charge in [0, 0.05) is 17.9 Å². The van der Waals surface area contributed by atoms with Gasteiger partial charge in [0.25, 0.3) is 5.56 Å². The standard InChI is InChI=1S/C9H13N2O5P/c12-3-4-6(14)7(17)8(16-4)11-2-1-5(13)10-9(11)15/h1-2,4,6-8,12,14H,3,17H2,(H,10,13,15). The first kappa shape index (κ1) is 12.4. The first-order valence-corrected chi connectivity index (χ1v) is 5.72. The molecule has 0 spiro atoms. The molecule has 0 amide bonds. The number of aliphatic hydroxyl groups is 2. The van der Waals surface area contributed by atoms with E-state index in [1.165, 1.54) is 16.8 Å². The molecule has 5 unspecified atom stereocenters. The maximum atomic E-state index is 11.5. The van der Waals surface area contributed by atoms with Gasteiger partial charge in [-0.25, -0.2) is 4.79 Å². The lowest BCUT2D eigenvalue weighted by molar-refractivity contribution is -0.0457. The van der Waals surface area contributed by atoms with Crippen LogP contribution in [0.15, 0.2) is 21.9 Å². The minimum atomic E-state index is -0.881. The van der Waals surface area contributed by atoms with Gasteiger partial charge in [-0.05, 0) is 0 Å². The summed E-state index contributed by atoms with van der Waals surface area (Å²) in [6.45, 7) is -0.333. The minimum absolute atomic E-state index is 0.333. The first-order chi connectivity index (χ1) is 8.04. The Morgan fingerprint density at radius 3 is 2.76 bits per heavy atom. The molecule has 3 N–H and O–H groups in total. The molecule has 1 aromatic rings. The molecule has 5 atom stereocenters. The van der Waals surface area contributed by atoms with E-state index >= 15 is 0 Å². The number of ether oxygens (including phenoxy) is 1. The molecule has 0 bridgehead atoms. The van der Waals surface area contributed by atoms with Crippen LogP contribution in [0.2, 0.25) is 0 Å². The summed E-state index contributed by atoms with van der Waals surface area (Å²) in [5.74, 6) is 0. The Balaban J connectivity index is 2.35. The number of aromatic amines is 1. The summed E-state index contributed by atoms with van der Waals surface area (Å²) in [4.78, 5) is 24.6. The van der Waals surface area contributed by atoms with E-state index in [1.807, 2.05) is 0 Å². The van der Waals surface area contributed by atoms with Crippen LogP contribution < -0.4 is 11.2 Å². The zero-order valence-electron chi connectivity index (χ0n) is 8.81. The van der Waals surface area contributed by atoms with Gasteiger partial charge in [0.05, 0.1) is 12.7 Å². The lowest BCUT2D eigenvalue weighted by atomic mass is 10.2. The molecule has 0 radical (unpaired) electrons. The van der Waals surface area contributed by atoms with E-state index in [0.717, 1.165) is 0 Å². The van der Waals surface area contributed by atoms with Gasteiger partial charge in [0.15, 0.2) is 0 Å². The number of nitrogens with one attached hydrogen (secondary N) is 1. The molecular weight excluding hydrogens is 247 g/mol. The van der Waals surface area contributed by atoms with Gasteiger partial charge in [-0.2, -0.15) is 0 Å². The minimum Gasteiger partial charge on any atom is -0.394 e. The zero-order valence-corrected chi connectivity index (χ0v) is 9.97. The Morgan fingerprint density at radius 2 is 2.24 bits per heavy atom. The van der Waals surface area contributed by atoms with Gasteiger partial charge in [0.2, 0.25) is 0 Å². The van der Waals surface area contributed by atoms with Gasteiger partial charge in [-0.3, -0.25) is 14.3 Å². The summed E-state index contributed by atoms with van der Waals surface area (Å²) in [5.41, 5.74) is -1.54. The fraction of sp³-hybridized carbons (Fsp3) is 0.556. The van der Waals surface area contributed by atoms with Crippen molar-refractivity contribution in [2.24, 2.45) is 0 Å². The highest BCUT2D eigenvalue weighted by Crippen LogP contribution is 2.33. The molecule has 0 aromatic carbocycles. The Bertz CT molecular complexity index is 513. The molecular formula is C9H13N2O5P. The predicted molar refractivity (Wildman–Crippen MR) is 61.8 cm³/mol. The third-order valence-corrected chi connectivity index (χ3v) is 3.45. The summed E-state index contributed by atoms with van der Waals surface area (Å²) in [7, 11) is 2.37. The summed E-state index contributed by atoms with van der Waals surface area (Å²) in [6, 6.07) is 1.20. The van der Waals surface area contributed by atoms with E-state index < -0.39 is 35.3 Å². The third kappa shape index (κ3) is 2.19. The monoisotopic (exact) mass is 260 g/mol. The van der Waals surface area contributed by atoms with Crippen molar-refractivity contribution in [2.45, 2.75) is 24.1 Å². The lowest BCUT2D eigenvalue weighted by Gasteiger charge is -2.17. The fourth-order valence-corrected chi connectivity index (χ4v) is 2.32. The highest BCUT2D eigenvalue weighted by Gasteiger charge is 2.41.